The average Bonchev–Trinajstić information content (AvgIpc) is 3.40. The van der Waals surface area contributed by atoms with E-state index in [-0.39, 0.29) is 23.9 Å². The van der Waals surface area contributed by atoms with Gasteiger partial charge < -0.3 is 9.32 Å². The zero-order valence-corrected chi connectivity index (χ0v) is 15.8. The van der Waals surface area contributed by atoms with E-state index in [9.17, 15) is 14.9 Å². The van der Waals surface area contributed by atoms with E-state index in [1.54, 1.807) is 23.5 Å². The van der Waals surface area contributed by atoms with Crippen molar-refractivity contribution in [3.8, 4) is 11.5 Å². The first-order chi connectivity index (χ1) is 13.6. The summed E-state index contributed by atoms with van der Waals surface area (Å²) < 4.78 is 5.83. The summed E-state index contributed by atoms with van der Waals surface area (Å²) in [5.74, 6) is 1.09. The van der Waals surface area contributed by atoms with Gasteiger partial charge in [0.1, 0.15) is 0 Å². The van der Waals surface area contributed by atoms with Gasteiger partial charge in [0.25, 0.3) is 5.69 Å². The molecule has 1 aromatic carbocycles. The summed E-state index contributed by atoms with van der Waals surface area (Å²) in [6.45, 7) is 1.23. The maximum Gasteiger partial charge on any atom is 0.269 e. The Morgan fingerprint density at radius 1 is 1.29 bits per heavy atom. The van der Waals surface area contributed by atoms with Crippen LogP contribution in [0.15, 0.2) is 45.5 Å². The van der Waals surface area contributed by atoms with Crippen LogP contribution < -0.4 is 0 Å². The Labute approximate surface area is 165 Å². The third kappa shape index (κ3) is 3.94. The molecule has 144 valence electrons. The lowest BCUT2D eigenvalue weighted by Gasteiger charge is -2.31. The molecule has 1 fully saturated rings. The molecule has 4 rings (SSSR count). The number of amides is 1. The smallest absolute Gasteiger partial charge is 0.269 e. The van der Waals surface area contributed by atoms with Crippen molar-refractivity contribution < 1.29 is 14.1 Å². The summed E-state index contributed by atoms with van der Waals surface area (Å²) >= 11 is 1.57. The molecule has 3 aromatic rings. The van der Waals surface area contributed by atoms with Crippen LogP contribution in [0, 0.1) is 10.1 Å². The molecule has 1 saturated heterocycles. The summed E-state index contributed by atoms with van der Waals surface area (Å²) in [5, 5.41) is 23.0. The molecule has 9 heteroatoms. The molecule has 1 amide bonds. The Kier molecular flexibility index (Phi) is 5.16. The molecular formula is C19H18N4O4S. The number of carbonyl (C=O) groups excluding carboxylic acids is 1. The third-order valence-corrected chi connectivity index (χ3v) is 5.52. The molecule has 2 aromatic heterocycles. The van der Waals surface area contributed by atoms with Crippen molar-refractivity contribution in [1.82, 2.24) is 15.1 Å². The monoisotopic (exact) mass is 398 g/mol. The third-order valence-electron chi connectivity index (χ3n) is 4.83. The number of benzene rings is 1. The Bertz CT molecular complexity index is 968. The molecule has 0 radical (unpaired) electrons. The molecule has 3 heterocycles. The summed E-state index contributed by atoms with van der Waals surface area (Å²) in [4.78, 5) is 24.8. The van der Waals surface area contributed by atoms with Crippen molar-refractivity contribution >= 4 is 22.9 Å². The number of nitro benzene ring substituents is 1. The highest BCUT2D eigenvalue weighted by atomic mass is 32.1. The molecule has 1 atom stereocenters. The molecular weight excluding hydrogens is 380 g/mol. The number of likely N-dealkylation sites (tertiary alicyclic amines) is 1. The van der Waals surface area contributed by atoms with E-state index in [0.29, 0.717) is 24.9 Å². The highest BCUT2D eigenvalue weighted by Gasteiger charge is 2.28. The van der Waals surface area contributed by atoms with Gasteiger partial charge in [-0.25, -0.2) is 0 Å². The largest absolute Gasteiger partial charge is 0.420 e. The standard InChI is InChI=1S/C19H18N4O4S/c24-17(10-13-3-5-16(6-4-13)23(25)26)22-8-1-2-14(11-22)18-20-21-19(27-18)15-7-9-28-12-15/h3-7,9,12,14H,1-2,8,10-11H2. The molecule has 1 unspecified atom stereocenters. The lowest BCUT2D eigenvalue weighted by molar-refractivity contribution is -0.384. The van der Waals surface area contributed by atoms with E-state index in [0.717, 1.165) is 24.0 Å². The molecule has 0 spiro atoms. The number of carbonyl (C=O) groups is 1. The summed E-state index contributed by atoms with van der Waals surface area (Å²) in [6.07, 6.45) is 1.98. The summed E-state index contributed by atoms with van der Waals surface area (Å²) in [6, 6.07) is 8.03. The molecule has 0 N–H and O–H groups in total. The van der Waals surface area contributed by atoms with Gasteiger partial charge in [-0.1, -0.05) is 12.1 Å². The second kappa shape index (κ2) is 7.89. The normalized spacial score (nSPS) is 16.9. The van der Waals surface area contributed by atoms with Crippen LogP contribution in [-0.4, -0.2) is 39.0 Å². The number of piperidine rings is 1. The lowest BCUT2D eigenvalue weighted by atomic mass is 9.97. The van der Waals surface area contributed by atoms with Crippen LogP contribution >= 0.6 is 11.3 Å². The van der Waals surface area contributed by atoms with E-state index in [1.807, 2.05) is 21.7 Å². The van der Waals surface area contributed by atoms with E-state index < -0.39 is 4.92 Å². The van der Waals surface area contributed by atoms with Crippen LogP contribution in [0.3, 0.4) is 0 Å². The molecule has 0 aliphatic carbocycles. The van der Waals surface area contributed by atoms with Crippen LogP contribution in [0.4, 0.5) is 5.69 Å². The molecule has 8 nitrogen and oxygen atoms in total. The first kappa shape index (κ1) is 18.3. The van der Waals surface area contributed by atoms with Gasteiger partial charge in [-0.3, -0.25) is 14.9 Å². The minimum atomic E-state index is -0.449. The average molecular weight is 398 g/mol. The SMILES string of the molecule is O=C(Cc1ccc([N+](=O)[O-])cc1)N1CCCC(c2nnc(-c3ccsc3)o2)C1. The molecule has 0 saturated carbocycles. The fourth-order valence-corrected chi connectivity index (χ4v) is 3.96. The predicted octanol–water partition coefficient (Wildman–Crippen LogP) is 3.66. The number of hydrogen-bond donors (Lipinski definition) is 0. The highest BCUT2D eigenvalue weighted by molar-refractivity contribution is 7.08. The number of hydrogen-bond acceptors (Lipinski definition) is 7. The van der Waals surface area contributed by atoms with Crippen molar-refractivity contribution in [1.29, 1.82) is 0 Å². The maximum absolute atomic E-state index is 12.7. The number of thiophene rings is 1. The second-order valence-electron chi connectivity index (χ2n) is 6.74. The quantitative estimate of drug-likeness (QED) is 0.480. The van der Waals surface area contributed by atoms with Gasteiger partial charge in [0.2, 0.25) is 17.7 Å². The van der Waals surface area contributed by atoms with Crippen LogP contribution in [0.25, 0.3) is 11.5 Å². The molecule has 0 bridgehead atoms. The number of aromatic nitrogens is 2. The van der Waals surface area contributed by atoms with Crippen molar-refractivity contribution in [3.05, 3.63) is 62.7 Å². The summed E-state index contributed by atoms with van der Waals surface area (Å²) in [5.41, 5.74) is 1.69. The van der Waals surface area contributed by atoms with Crippen LogP contribution in [0.2, 0.25) is 0 Å². The summed E-state index contributed by atoms with van der Waals surface area (Å²) in [7, 11) is 0. The minimum absolute atomic E-state index is 0.00359. The van der Waals surface area contributed by atoms with Crippen molar-refractivity contribution in [2.45, 2.75) is 25.2 Å². The fourth-order valence-electron chi connectivity index (χ4n) is 3.33. The second-order valence-corrected chi connectivity index (χ2v) is 7.52. The molecule has 1 aliphatic rings. The van der Waals surface area contributed by atoms with Crippen LogP contribution in [-0.2, 0) is 11.2 Å². The van der Waals surface area contributed by atoms with Gasteiger partial charge in [0.05, 0.1) is 17.3 Å². The van der Waals surface area contributed by atoms with Gasteiger partial charge in [-0.15, -0.1) is 10.2 Å². The number of nitro groups is 1. The van der Waals surface area contributed by atoms with E-state index in [2.05, 4.69) is 10.2 Å². The van der Waals surface area contributed by atoms with Gasteiger partial charge in [0, 0.05) is 36.2 Å². The van der Waals surface area contributed by atoms with Crippen LogP contribution in [0.5, 0.6) is 0 Å². The lowest BCUT2D eigenvalue weighted by Crippen LogP contribution is -2.40. The van der Waals surface area contributed by atoms with Gasteiger partial charge >= 0.3 is 0 Å². The Balaban J connectivity index is 1.40. The first-order valence-corrected chi connectivity index (χ1v) is 9.91. The number of rotatable bonds is 5. The fraction of sp³-hybridized carbons (Fsp3) is 0.316. The molecule has 28 heavy (non-hydrogen) atoms. The van der Waals surface area contributed by atoms with E-state index >= 15 is 0 Å². The zero-order valence-electron chi connectivity index (χ0n) is 15.0. The van der Waals surface area contributed by atoms with Crippen molar-refractivity contribution in [2.75, 3.05) is 13.1 Å². The first-order valence-electron chi connectivity index (χ1n) is 8.97. The van der Waals surface area contributed by atoms with Crippen molar-refractivity contribution in [3.63, 3.8) is 0 Å². The van der Waals surface area contributed by atoms with Crippen molar-refractivity contribution in [2.24, 2.45) is 0 Å². The zero-order chi connectivity index (χ0) is 19.5. The van der Waals surface area contributed by atoms with E-state index in [1.165, 1.54) is 12.1 Å². The minimum Gasteiger partial charge on any atom is -0.420 e. The molecule has 1 aliphatic heterocycles. The highest BCUT2D eigenvalue weighted by Crippen LogP contribution is 2.29. The Morgan fingerprint density at radius 3 is 2.82 bits per heavy atom. The van der Waals surface area contributed by atoms with Gasteiger partial charge in [-0.2, -0.15) is 11.3 Å². The van der Waals surface area contributed by atoms with E-state index in [4.69, 9.17) is 4.42 Å². The maximum atomic E-state index is 12.7. The predicted molar refractivity (Wildman–Crippen MR) is 103 cm³/mol. The van der Waals surface area contributed by atoms with Gasteiger partial charge in [0.15, 0.2) is 0 Å². The Hall–Kier alpha value is -3.07. The topological polar surface area (TPSA) is 102 Å². The number of non-ortho nitro benzene ring substituents is 1. The number of nitrogens with zero attached hydrogens (tertiary/aromatic N) is 4. The van der Waals surface area contributed by atoms with Gasteiger partial charge in [-0.05, 0) is 29.9 Å². The van der Waals surface area contributed by atoms with Crippen LogP contribution in [0.1, 0.15) is 30.2 Å². The Morgan fingerprint density at radius 2 is 2.11 bits per heavy atom.